The second-order valence-corrected chi connectivity index (χ2v) is 8.51. The predicted octanol–water partition coefficient (Wildman–Crippen LogP) is 4.10. The molecule has 4 rings (SSSR count). The van der Waals surface area contributed by atoms with Crippen molar-refractivity contribution in [1.29, 1.82) is 0 Å². The minimum atomic E-state index is 0.203. The summed E-state index contributed by atoms with van der Waals surface area (Å²) in [6, 6.07) is 8.71. The number of carbonyl (C=O) groups is 1. The largest absolute Gasteiger partial charge is 0.342 e. The van der Waals surface area contributed by atoms with Gasteiger partial charge in [-0.2, -0.15) is 0 Å². The molecular weight excluding hydrogens is 356 g/mol. The molecule has 0 spiro atoms. The van der Waals surface area contributed by atoms with E-state index < -0.39 is 0 Å². The Kier molecular flexibility index (Phi) is 5.08. The number of nitrogens with zero attached hydrogens (tertiary/aromatic N) is 4. The normalized spacial score (nSPS) is 15.7. The zero-order valence-electron chi connectivity index (χ0n) is 16.2. The molecule has 1 amide bonds. The molecule has 6 heteroatoms. The Morgan fingerprint density at radius 3 is 2.74 bits per heavy atom. The summed E-state index contributed by atoms with van der Waals surface area (Å²) in [5.41, 5.74) is 4.39. The van der Waals surface area contributed by atoms with Crippen LogP contribution in [0.2, 0.25) is 0 Å². The standard InChI is InChI=1S/C21H26N4OS/c1-4-16-5-6-18-17(12-16)11-15(3)20-22-23-21(25(18)20)27-13-19(26)24-9-7-14(2)8-10-24/h5-6,11-12,14H,4,7-10,13H2,1-3H3. The van der Waals surface area contributed by atoms with E-state index in [9.17, 15) is 4.79 Å². The van der Waals surface area contributed by atoms with E-state index in [1.165, 1.54) is 22.7 Å². The van der Waals surface area contributed by atoms with Crippen molar-refractivity contribution in [2.24, 2.45) is 5.92 Å². The van der Waals surface area contributed by atoms with E-state index in [1.54, 1.807) is 0 Å². The maximum Gasteiger partial charge on any atom is 0.233 e. The van der Waals surface area contributed by atoms with E-state index >= 15 is 0 Å². The third-order valence-corrected chi connectivity index (χ3v) is 6.47. The second kappa shape index (κ2) is 7.50. The number of aryl methyl sites for hydroxylation is 2. The highest BCUT2D eigenvalue weighted by Crippen LogP contribution is 2.27. The number of carbonyl (C=O) groups excluding carboxylic acids is 1. The Morgan fingerprint density at radius 2 is 2.00 bits per heavy atom. The number of likely N-dealkylation sites (tertiary alicyclic amines) is 1. The van der Waals surface area contributed by atoms with Crippen LogP contribution in [0.25, 0.3) is 16.6 Å². The predicted molar refractivity (Wildman–Crippen MR) is 110 cm³/mol. The van der Waals surface area contributed by atoms with Crippen molar-refractivity contribution in [2.45, 2.75) is 45.2 Å². The monoisotopic (exact) mass is 382 g/mol. The van der Waals surface area contributed by atoms with Gasteiger partial charge in [-0.1, -0.05) is 31.7 Å². The Hall–Kier alpha value is -2.08. The van der Waals surface area contributed by atoms with E-state index in [0.717, 1.165) is 60.2 Å². The molecule has 0 atom stereocenters. The summed E-state index contributed by atoms with van der Waals surface area (Å²) < 4.78 is 2.10. The van der Waals surface area contributed by atoms with Crippen LogP contribution in [0.4, 0.5) is 0 Å². The van der Waals surface area contributed by atoms with Gasteiger partial charge in [0.25, 0.3) is 0 Å². The third kappa shape index (κ3) is 3.55. The van der Waals surface area contributed by atoms with Gasteiger partial charge in [-0.25, -0.2) is 0 Å². The van der Waals surface area contributed by atoms with Crippen LogP contribution in [0.3, 0.4) is 0 Å². The SMILES string of the molecule is CCc1ccc2c(c1)cc(C)c1nnc(SCC(=O)N3CCC(C)CC3)n12. The Balaban J connectivity index is 1.61. The van der Waals surface area contributed by atoms with Gasteiger partial charge in [-0.05, 0) is 66.8 Å². The molecule has 3 aromatic rings. The number of aromatic nitrogens is 3. The molecule has 1 aliphatic rings. The molecule has 1 fully saturated rings. The lowest BCUT2D eigenvalue weighted by Crippen LogP contribution is -2.38. The zero-order chi connectivity index (χ0) is 19.0. The van der Waals surface area contributed by atoms with Crippen LogP contribution in [0.5, 0.6) is 0 Å². The number of hydrogen-bond donors (Lipinski definition) is 0. The van der Waals surface area contributed by atoms with Crippen LogP contribution in [-0.4, -0.2) is 44.2 Å². The highest BCUT2D eigenvalue weighted by molar-refractivity contribution is 7.99. The fourth-order valence-electron chi connectivity index (χ4n) is 3.75. The van der Waals surface area contributed by atoms with Crippen molar-refractivity contribution in [1.82, 2.24) is 19.5 Å². The maximum absolute atomic E-state index is 12.6. The van der Waals surface area contributed by atoms with Gasteiger partial charge in [-0.15, -0.1) is 10.2 Å². The van der Waals surface area contributed by atoms with Crippen molar-refractivity contribution in [3.05, 3.63) is 35.4 Å². The molecule has 5 nitrogen and oxygen atoms in total. The molecule has 1 saturated heterocycles. The summed E-state index contributed by atoms with van der Waals surface area (Å²) >= 11 is 1.49. The van der Waals surface area contributed by atoms with Gasteiger partial charge in [0.2, 0.25) is 5.91 Å². The van der Waals surface area contributed by atoms with Gasteiger partial charge in [0.05, 0.1) is 11.3 Å². The molecule has 1 aromatic carbocycles. The number of thioether (sulfide) groups is 1. The average Bonchev–Trinajstić information content (AvgIpc) is 3.11. The minimum Gasteiger partial charge on any atom is -0.342 e. The number of pyridine rings is 1. The third-order valence-electron chi connectivity index (χ3n) is 5.56. The Labute approximate surface area is 164 Å². The van der Waals surface area contributed by atoms with Crippen LogP contribution in [0.1, 0.15) is 37.8 Å². The molecule has 142 valence electrons. The topological polar surface area (TPSA) is 50.5 Å². The van der Waals surface area contributed by atoms with Gasteiger partial charge < -0.3 is 4.90 Å². The zero-order valence-corrected chi connectivity index (χ0v) is 17.1. The van der Waals surface area contributed by atoms with Crippen molar-refractivity contribution in [3.63, 3.8) is 0 Å². The van der Waals surface area contributed by atoms with Crippen LogP contribution in [0.15, 0.2) is 29.4 Å². The van der Waals surface area contributed by atoms with Gasteiger partial charge in [-0.3, -0.25) is 9.20 Å². The summed E-state index contributed by atoms with van der Waals surface area (Å²) in [6.45, 7) is 8.25. The first-order valence-corrected chi connectivity index (χ1v) is 10.7. The van der Waals surface area contributed by atoms with E-state index in [1.807, 2.05) is 4.90 Å². The molecule has 0 aliphatic carbocycles. The molecule has 0 saturated carbocycles. The van der Waals surface area contributed by atoms with E-state index in [4.69, 9.17) is 0 Å². The maximum atomic E-state index is 12.6. The first kappa shape index (κ1) is 18.3. The van der Waals surface area contributed by atoms with Crippen molar-refractivity contribution < 1.29 is 4.79 Å². The van der Waals surface area contributed by atoms with Crippen molar-refractivity contribution in [3.8, 4) is 0 Å². The minimum absolute atomic E-state index is 0.203. The average molecular weight is 383 g/mol. The number of benzene rings is 1. The van der Waals surface area contributed by atoms with E-state index in [0.29, 0.717) is 5.75 Å². The summed E-state index contributed by atoms with van der Waals surface area (Å²) in [4.78, 5) is 14.6. The number of piperidine rings is 1. The molecule has 27 heavy (non-hydrogen) atoms. The molecule has 0 N–H and O–H groups in total. The quantitative estimate of drug-likeness (QED) is 0.638. The van der Waals surface area contributed by atoms with Crippen LogP contribution >= 0.6 is 11.8 Å². The summed E-state index contributed by atoms with van der Waals surface area (Å²) in [5.74, 6) is 1.34. The second-order valence-electron chi connectivity index (χ2n) is 7.57. The molecule has 0 bridgehead atoms. The highest BCUT2D eigenvalue weighted by atomic mass is 32.2. The summed E-state index contributed by atoms with van der Waals surface area (Å²) in [5, 5.41) is 10.7. The van der Waals surface area contributed by atoms with Gasteiger partial charge >= 0.3 is 0 Å². The lowest BCUT2D eigenvalue weighted by atomic mass is 9.99. The van der Waals surface area contributed by atoms with Crippen molar-refractivity contribution >= 4 is 34.2 Å². The molecule has 3 heterocycles. The summed E-state index contributed by atoms with van der Waals surface area (Å²) in [6.07, 6.45) is 3.22. The molecule has 0 radical (unpaired) electrons. The van der Waals surface area contributed by atoms with Gasteiger partial charge in [0, 0.05) is 13.1 Å². The number of rotatable bonds is 4. The Morgan fingerprint density at radius 1 is 1.22 bits per heavy atom. The summed E-state index contributed by atoms with van der Waals surface area (Å²) in [7, 11) is 0. The van der Waals surface area contributed by atoms with Crippen LogP contribution < -0.4 is 0 Å². The first-order chi connectivity index (χ1) is 13.1. The van der Waals surface area contributed by atoms with Crippen LogP contribution in [-0.2, 0) is 11.2 Å². The lowest BCUT2D eigenvalue weighted by Gasteiger charge is -2.30. The first-order valence-electron chi connectivity index (χ1n) is 9.74. The van der Waals surface area contributed by atoms with E-state index in [-0.39, 0.29) is 5.91 Å². The number of amides is 1. The lowest BCUT2D eigenvalue weighted by molar-refractivity contribution is -0.129. The Bertz CT molecular complexity index is 989. The van der Waals surface area contributed by atoms with E-state index in [2.05, 4.69) is 59.6 Å². The van der Waals surface area contributed by atoms with Crippen molar-refractivity contribution in [2.75, 3.05) is 18.8 Å². The fraction of sp³-hybridized carbons (Fsp3) is 0.476. The molecule has 1 aliphatic heterocycles. The van der Waals surface area contributed by atoms with Gasteiger partial charge in [0.15, 0.2) is 10.8 Å². The molecule has 2 aromatic heterocycles. The highest BCUT2D eigenvalue weighted by Gasteiger charge is 2.21. The number of hydrogen-bond acceptors (Lipinski definition) is 4. The molecule has 0 unspecified atom stereocenters. The molecular formula is C21H26N4OS. The smallest absolute Gasteiger partial charge is 0.233 e. The van der Waals surface area contributed by atoms with Crippen LogP contribution in [0, 0.1) is 12.8 Å². The fourth-order valence-corrected chi connectivity index (χ4v) is 4.60. The number of fused-ring (bicyclic) bond motifs is 3. The van der Waals surface area contributed by atoms with Gasteiger partial charge in [0.1, 0.15) is 0 Å².